The molecule has 19 heteroatoms. The minimum absolute atomic E-state index is 0.558. The number of aromatic amines is 1. The van der Waals surface area contributed by atoms with Crippen LogP contribution < -0.4 is 11.2 Å². The minimum Gasteiger partial charge on any atom is -0.432 e. The number of halogens is 1. The van der Waals surface area contributed by atoms with E-state index in [1.54, 1.807) is 0 Å². The fourth-order valence-electron chi connectivity index (χ4n) is 3.05. The largest absolute Gasteiger partial charge is 0.510 e. The first-order valence-corrected chi connectivity index (χ1v) is 12.9. The lowest BCUT2D eigenvalue weighted by Crippen LogP contribution is -2.50. The average Bonchev–Trinajstić information content (AvgIpc) is 3.04. The van der Waals surface area contributed by atoms with Gasteiger partial charge in [-0.3, -0.25) is 18.9 Å². The van der Waals surface area contributed by atoms with Crippen LogP contribution in [0.15, 0.2) is 34.5 Å². The zero-order chi connectivity index (χ0) is 30.3. The Balaban J connectivity index is 2.22. The molecule has 0 aliphatic carbocycles. The van der Waals surface area contributed by atoms with E-state index < -0.39 is 87.6 Å². The van der Waals surface area contributed by atoms with Crippen molar-refractivity contribution < 1.29 is 66.0 Å². The summed E-state index contributed by atoms with van der Waals surface area (Å²) in [5, 5.41) is 21.4. The molecule has 2 rings (SSSR count). The Hall–Kier alpha value is -3.12. The van der Waals surface area contributed by atoms with E-state index in [9.17, 15) is 34.0 Å². The molecule has 1 aliphatic rings. The molecule has 0 bridgehead atoms. The lowest BCUT2D eigenvalue weighted by Gasteiger charge is -2.28. The van der Waals surface area contributed by atoms with E-state index in [1.807, 2.05) is 4.98 Å². The van der Waals surface area contributed by atoms with E-state index in [0.29, 0.717) is 10.6 Å². The van der Waals surface area contributed by atoms with Crippen molar-refractivity contribution in [2.24, 2.45) is 0 Å². The number of nitrogens with one attached hydrogen (secondary N) is 1. The number of nitrogens with zero attached hydrogens (tertiary/aromatic N) is 1. The van der Waals surface area contributed by atoms with Crippen molar-refractivity contribution in [3.63, 3.8) is 0 Å². The van der Waals surface area contributed by atoms with Crippen LogP contribution in [0.4, 0.5) is 14.0 Å². The van der Waals surface area contributed by atoms with Gasteiger partial charge in [-0.05, 0) is 27.7 Å². The van der Waals surface area contributed by atoms with Gasteiger partial charge in [0.25, 0.3) is 11.4 Å². The molecule has 1 aromatic rings. The van der Waals surface area contributed by atoms with Crippen LogP contribution in [0.3, 0.4) is 0 Å². The number of carbonyl (C=O) groups excluding carboxylic acids is 2. The molecule has 1 saturated heterocycles. The van der Waals surface area contributed by atoms with E-state index in [-0.39, 0.29) is 0 Å². The quantitative estimate of drug-likeness (QED) is 0.125. The van der Waals surface area contributed by atoms with Gasteiger partial charge in [-0.2, -0.15) is 0 Å². The molecule has 1 aromatic heterocycles. The fourth-order valence-corrected chi connectivity index (χ4v) is 3.97. The van der Waals surface area contributed by atoms with Gasteiger partial charge in [-0.1, -0.05) is 12.7 Å². The van der Waals surface area contributed by atoms with Crippen molar-refractivity contribution in [2.75, 3.05) is 20.2 Å². The van der Waals surface area contributed by atoms with Crippen molar-refractivity contribution in [1.82, 2.24) is 9.55 Å². The van der Waals surface area contributed by atoms with E-state index in [2.05, 4.69) is 16.1 Å². The third-order valence-corrected chi connectivity index (χ3v) is 6.13. The smallest absolute Gasteiger partial charge is 0.432 e. The minimum atomic E-state index is -5.00. The van der Waals surface area contributed by atoms with Gasteiger partial charge in [0.15, 0.2) is 17.9 Å². The SMILES string of the molecule is C=C[C@]1(O)[C@H](n2ccc(=O)[nH]c2=O)O[C@](F)(COP(=O)(OCOC(=O)OC(C)C)OCOC(=O)OC(C)C)[C@H]1O. The normalized spacial score (nSPS) is 24.6. The van der Waals surface area contributed by atoms with Gasteiger partial charge in [0, 0.05) is 12.3 Å². The fraction of sp³-hybridized carbons (Fsp3) is 0.619. The molecule has 17 nitrogen and oxygen atoms in total. The molecule has 0 aromatic carbocycles. The summed E-state index contributed by atoms with van der Waals surface area (Å²) >= 11 is 0. The van der Waals surface area contributed by atoms with Crippen LogP contribution in [0.1, 0.15) is 33.9 Å². The molecule has 0 spiro atoms. The molecular weight excluding hydrogens is 570 g/mol. The number of aliphatic hydroxyl groups is 2. The van der Waals surface area contributed by atoms with Crippen molar-refractivity contribution in [2.45, 2.75) is 63.7 Å². The standard InChI is InChI=1S/C21H30FN2O15P/c1-6-20(30)15(26)21(22,39-16(20)24-8-7-14(25)23-17(24)27)9-34-40(31,35-10-32-18(28)37-12(2)3)36-11-33-19(29)38-13(4)5/h6-8,12-13,15-16,26,30H,1,9-11H2,2-5H3,(H,23,25,27)/t15-,16+,20+,21+/m0/s1. The highest BCUT2D eigenvalue weighted by Gasteiger charge is 2.64. The first-order valence-electron chi connectivity index (χ1n) is 11.5. The first-order chi connectivity index (χ1) is 18.5. The van der Waals surface area contributed by atoms with E-state index in [0.717, 1.165) is 12.3 Å². The summed E-state index contributed by atoms with van der Waals surface area (Å²) in [6.45, 7) is 5.63. The van der Waals surface area contributed by atoms with Crippen LogP contribution in [-0.4, -0.2) is 82.0 Å². The number of rotatable bonds is 13. The van der Waals surface area contributed by atoms with E-state index >= 15 is 4.39 Å². The molecule has 0 radical (unpaired) electrons. The number of hydrogen-bond donors (Lipinski definition) is 3. The molecule has 0 amide bonds. The van der Waals surface area contributed by atoms with Gasteiger partial charge in [-0.25, -0.2) is 32.4 Å². The third kappa shape index (κ3) is 8.44. The number of aliphatic hydroxyl groups excluding tert-OH is 1. The molecule has 2 heterocycles. The second-order valence-corrected chi connectivity index (χ2v) is 10.3. The monoisotopic (exact) mass is 600 g/mol. The lowest BCUT2D eigenvalue weighted by atomic mass is 9.93. The Morgan fingerprint density at radius 3 is 2.12 bits per heavy atom. The predicted molar refractivity (Wildman–Crippen MR) is 127 cm³/mol. The number of hydrogen-bond acceptors (Lipinski definition) is 15. The summed E-state index contributed by atoms with van der Waals surface area (Å²) < 4.78 is 67.5. The van der Waals surface area contributed by atoms with Gasteiger partial charge in [-0.15, -0.1) is 0 Å². The molecule has 1 fully saturated rings. The Morgan fingerprint density at radius 1 is 1.15 bits per heavy atom. The maximum absolute atomic E-state index is 15.8. The Bertz CT molecular complexity index is 1190. The molecule has 0 saturated carbocycles. The maximum atomic E-state index is 15.8. The second kappa shape index (κ2) is 13.5. The maximum Gasteiger partial charge on any atom is 0.510 e. The molecular formula is C21H30FN2O15P. The highest BCUT2D eigenvalue weighted by atomic mass is 31.2. The summed E-state index contributed by atoms with van der Waals surface area (Å²) in [6.07, 6.45) is -6.61. The van der Waals surface area contributed by atoms with Gasteiger partial charge >= 0.3 is 25.8 Å². The number of carbonyl (C=O) groups is 2. The molecule has 0 unspecified atom stereocenters. The first kappa shape index (κ1) is 33.1. The highest BCUT2D eigenvalue weighted by molar-refractivity contribution is 7.48. The van der Waals surface area contributed by atoms with Crippen LogP contribution in [0.5, 0.6) is 0 Å². The van der Waals surface area contributed by atoms with Gasteiger partial charge in [0.05, 0.1) is 12.2 Å². The van der Waals surface area contributed by atoms with Crippen LogP contribution in [-0.2, 0) is 41.8 Å². The summed E-state index contributed by atoms with van der Waals surface area (Å²) in [5.74, 6) is -3.42. The van der Waals surface area contributed by atoms with Crippen LogP contribution in [0.2, 0.25) is 0 Å². The van der Waals surface area contributed by atoms with Gasteiger partial charge in [0.1, 0.15) is 6.61 Å². The summed E-state index contributed by atoms with van der Waals surface area (Å²) in [7, 11) is -5.00. The van der Waals surface area contributed by atoms with Crippen molar-refractivity contribution >= 4 is 20.1 Å². The summed E-state index contributed by atoms with van der Waals surface area (Å²) in [4.78, 5) is 48.6. The Morgan fingerprint density at radius 2 is 1.68 bits per heavy atom. The number of phosphoric ester groups is 1. The summed E-state index contributed by atoms with van der Waals surface area (Å²) in [6, 6.07) is 0.861. The Labute approximate surface area is 225 Å². The summed E-state index contributed by atoms with van der Waals surface area (Å²) in [5.41, 5.74) is -4.63. The van der Waals surface area contributed by atoms with Crippen LogP contribution >= 0.6 is 7.82 Å². The molecule has 1 aliphatic heterocycles. The lowest BCUT2D eigenvalue weighted by molar-refractivity contribution is -0.206. The molecule has 226 valence electrons. The topological polar surface area (TPSA) is 220 Å². The van der Waals surface area contributed by atoms with Gasteiger partial charge in [0.2, 0.25) is 13.6 Å². The third-order valence-electron chi connectivity index (χ3n) is 4.84. The number of ether oxygens (including phenoxy) is 5. The van der Waals surface area contributed by atoms with Crippen molar-refractivity contribution in [3.8, 4) is 0 Å². The van der Waals surface area contributed by atoms with Crippen molar-refractivity contribution in [1.29, 1.82) is 0 Å². The molecule has 3 N–H and O–H groups in total. The predicted octanol–water partition coefficient (Wildman–Crippen LogP) is 1.21. The molecule has 40 heavy (non-hydrogen) atoms. The number of phosphoric acid groups is 1. The zero-order valence-corrected chi connectivity index (χ0v) is 22.7. The number of H-pyrrole nitrogens is 1. The van der Waals surface area contributed by atoms with E-state index in [4.69, 9.17) is 27.8 Å². The van der Waals surface area contributed by atoms with Crippen molar-refractivity contribution in [3.05, 3.63) is 45.8 Å². The highest BCUT2D eigenvalue weighted by Crippen LogP contribution is 2.53. The average molecular weight is 600 g/mol. The Kier molecular flexibility index (Phi) is 11.2. The molecule has 4 atom stereocenters. The van der Waals surface area contributed by atoms with Crippen LogP contribution in [0.25, 0.3) is 0 Å². The zero-order valence-electron chi connectivity index (χ0n) is 21.8. The van der Waals surface area contributed by atoms with E-state index in [1.165, 1.54) is 27.7 Å². The number of aromatic nitrogens is 2. The van der Waals surface area contributed by atoms with Crippen LogP contribution in [0, 0.1) is 0 Å². The number of alkyl halides is 1. The second-order valence-electron chi connectivity index (χ2n) is 8.60. The van der Waals surface area contributed by atoms with Gasteiger partial charge < -0.3 is 33.9 Å².